The number of benzene rings is 2. The molecule has 0 fully saturated rings. The molecule has 0 atom stereocenters. The maximum Gasteiger partial charge on any atom is 0.307 e. The number of carboxylic acids is 1. The van der Waals surface area contributed by atoms with Crippen LogP contribution in [0.25, 0.3) is 0 Å². The number of hydrogen-bond donors (Lipinski definition) is 1. The second-order valence-electron chi connectivity index (χ2n) is 5.52. The van der Waals surface area contributed by atoms with Gasteiger partial charge in [0.1, 0.15) is 12.4 Å². The van der Waals surface area contributed by atoms with Crippen LogP contribution in [0.2, 0.25) is 0 Å². The minimum atomic E-state index is -0.821. The maximum absolute atomic E-state index is 10.6. The van der Waals surface area contributed by atoms with Crippen LogP contribution in [0.5, 0.6) is 5.75 Å². The summed E-state index contributed by atoms with van der Waals surface area (Å²) in [5.41, 5.74) is 3.06. The Bertz CT molecular complexity index is 648. The van der Waals surface area contributed by atoms with Crippen LogP contribution < -0.4 is 4.74 Å². The summed E-state index contributed by atoms with van der Waals surface area (Å²) in [6, 6.07) is 13.6. The highest BCUT2D eigenvalue weighted by molar-refractivity contribution is 9.10. The normalized spacial score (nSPS) is 10.7. The van der Waals surface area contributed by atoms with E-state index >= 15 is 0 Å². The smallest absolute Gasteiger partial charge is 0.307 e. The summed E-state index contributed by atoms with van der Waals surface area (Å²) in [4.78, 5) is 10.6. The van der Waals surface area contributed by atoms with E-state index < -0.39 is 5.97 Å². The lowest BCUT2D eigenvalue weighted by Crippen LogP contribution is -2.01. The van der Waals surface area contributed by atoms with Crippen molar-refractivity contribution >= 4 is 21.9 Å². The molecule has 0 aromatic heterocycles. The SMILES string of the molecule is CC(C)c1ccc(OCc2ccc(CC(=O)O)cc2)c(Br)c1. The highest BCUT2D eigenvalue weighted by Gasteiger charge is 2.06. The summed E-state index contributed by atoms with van der Waals surface area (Å²) >= 11 is 3.54. The van der Waals surface area contributed by atoms with Crippen LogP contribution in [0.1, 0.15) is 36.5 Å². The fourth-order valence-electron chi connectivity index (χ4n) is 2.08. The fraction of sp³-hybridized carbons (Fsp3) is 0.278. The molecule has 0 aliphatic carbocycles. The number of aliphatic carboxylic acids is 1. The van der Waals surface area contributed by atoms with Gasteiger partial charge in [-0.3, -0.25) is 4.79 Å². The third kappa shape index (κ3) is 4.60. The molecule has 1 N–H and O–H groups in total. The van der Waals surface area contributed by atoms with Gasteiger partial charge in [-0.05, 0) is 50.7 Å². The molecule has 116 valence electrons. The lowest BCUT2D eigenvalue weighted by Gasteiger charge is -2.11. The molecule has 2 aromatic carbocycles. The summed E-state index contributed by atoms with van der Waals surface area (Å²) in [5.74, 6) is 0.462. The Hall–Kier alpha value is -1.81. The van der Waals surface area contributed by atoms with Gasteiger partial charge in [0, 0.05) is 0 Å². The number of carbonyl (C=O) groups is 1. The van der Waals surface area contributed by atoms with Crippen molar-refractivity contribution in [1.29, 1.82) is 0 Å². The first-order chi connectivity index (χ1) is 10.5. The highest BCUT2D eigenvalue weighted by Crippen LogP contribution is 2.29. The van der Waals surface area contributed by atoms with E-state index in [4.69, 9.17) is 9.84 Å². The maximum atomic E-state index is 10.6. The van der Waals surface area contributed by atoms with Gasteiger partial charge in [0.05, 0.1) is 10.9 Å². The fourth-order valence-corrected chi connectivity index (χ4v) is 2.59. The molecule has 2 aromatic rings. The van der Waals surface area contributed by atoms with Crippen LogP contribution in [0.3, 0.4) is 0 Å². The topological polar surface area (TPSA) is 46.5 Å². The molecule has 0 saturated heterocycles. The van der Waals surface area contributed by atoms with Crippen LogP contribution in [0.15, 0.2) is 46.9 Å². The molecule has 0 aliphatic rings. The lowest BCUT2D eigenvalue weighted by atomic mass is 10.0. The average molecular weight is 363 g/mol. The molecule has 3 nitrogen and oxygen atoms in total. The van der Waals surface area contributed by atoms with Crippen molar-refractivity contribution in [2.45, 2.75) is 32.8 Å². The molecule has 22 heavy (non-hydrogen) atoms. The minimum Gasteiger partial charge on any atom is -0.488 e. The molecule has 0 unspecified atom stereocenters. The van der Waals surface area contributed by atoms with E-state index in [0.29, 0.717) is 12.5 Å². The largest absolute Gasteiger partial charge is 0.488 e. The van der Waals surface area contributed by atoms with Crippen molar-refractivity contribution in [1.82, 2.24) is 0 Å². The lowest BCUT2D eigenvalue weighted by molar-refractivity contribution is -0.136. The van der Waals surface area contributed by atoms with Gasteiger partial charge in [-0.15, -0.1) is 0 Å². The number of rotatable bonds is 6. The van der Waals surface area contributed by atoms with Crippen molar-refractivity contribution in [2.75, 3.05) is 0 Å². The predicted molar refractivity (Wildman–Crippen MR) is 90.3 cm³/mol. The second-order valence-corrected chi connectivity index (χ2v) is 6.37. The Morgan fingerprint density at radius 1 is 1.14 bits per heavy atom. The second kappa shape index (κ2) is 7.45. The first kappa shape index (κ1) is 16.6. The van der Waals surface area contributed by atoms with E-state index in [2.05, 4.69) is 41.9 Å². The Morgan fingerprint density at radius 3 is 2.32 bits per heavy atom. The Kier molecular flexibility index (Phi) is 5.61. The minimum absolute atomic E-state index is 0.0450. The van der Waals surface area contributed by atoms with Gasteiger partial charge in [-0.25, -0.2) is 0 Å². The zero-order valence-corrected chi connectivity index (χ0v) is 14.3. The van der Waals surface area contributed by atoms with Gasteiger partial charge in [-0.1, -0.05) is 44.2 Å². The molecule has 0 spiro atoms. The molecule has 2 rings (SSSR count). The zero-order valence-electron chi connectivity index (χ0n) is 12.7. The van der Waals surface area contributed by atoms with Gasteiger partial charge in [0.2, 0.25) is 0 Å². The summed E-state index contributed by atoms with van der Waals surface area (Å²) in [5, 5.41) is 8.75. The third-order valence-corrected chi connectivity index (χ3v) is 4.01. The summed E-state index contributed by atoms with van der Waals surface area (Å²) in [7, 11) is 0. The quantitative estimate of drug-likeness (QED) is 0.804. The number of hydrogen-bond acceptors (Lipinski definition) is 2. The molecule has 0 saturated carbocycles. The van der Waals surface area contributed by atoms with Gasteiger partial charge >= 0.3 is 5.97 Å². The van der Waals surface area contributed by atoms with E-state index in [1.807, 2.05) is 30.3 Å². The van der Waals surface area contributed by atoms with Crippen LogP contribution in [-0.2, 0) is 17.8 Å². The molecule has 0 bridgehead atoms. The number of ether oxygens (including phenoxy) is 1. The van der Waals surface area contributed by atoms with Crippen LogP contribution in [0, 0.1) is 0 Å². The van der Waals surface area contributed by atoms with Crippen molar-refractivity contribution in [3.8, 4) is 5.75 Å². The molecule has 0 aliphatic heterocycles. The van der Waals surface area contributed by atoms with E-state index in [9.17, 15) is 4.79 Å². The van der Waals surface area contributed by atoms with Crippen LogP contribution in [0.4, 0.5) is 0 Å². The Labute approximate surface area is 139 Å². The van der Waals surface area contributed by atoms with Gasteiger partial charge < -0.3 is 9.84 Å². The van der Waals surface area contributed by atoms with Crippen molar-refractivity contribution < 1.29 is 14.6 Å². The molecule has 4 heteroatoms. The Balaban J connectivity index is 1.99. The highest BCUT2D eigenvalue weighted by atomic mass is 79.9. The van der Waals surface area contributed by atoms with Gasteiger partial charge in [0.15, 0.2) is 0 Å². The monoisotopic (exact) mass is 362 g/mol. The molecule has 0 heterocycles. The van der Waals surface area contributed by atoms with E-state index in [0.717, 1.165) is 21.3 Å². The average Bonchev–Trinajstić information content (AvgIpc) is 2.46. The Morgan fingerprint density at radius 2 is 1.77 bits per heavy atom. The molecule has 0 amide bonds. The predicted octanol–water partition coefficient (Wildman–Crippen LogP) is 4.78. The standard InChI is InChI=1S/C18H19BrO3/c1-12(2)15-7-8-17(16(19)10-15)22-11-14-5-3-13(4-6-14)9-18(20)21/h3-8,10,12H,9,11H2,1-2H3,(H,20,21). The van der Waals surface area contributed by atoms with Crippen molar-refractivity contribution in [2.24, 2.45) is 0 Å². The van der Waals surface area contributed by atoms with Gasteiger partial charge in [0.25, 0.3) is 0 Å². The number of carboxylic acid groups (broad SMARTS) is 1. The summed E-state index contributed by atoms with van der Waals surface area (Å²) < 4.78 is 6.76. The van der Waals surface area contributed by atoms with Gasteiger partial charge in [-0.2, -0.15) is 0 Å². The van der Waals surface area contributed by atoms with Crippen LogP contribution in [-0.4, -0.2) is 11.1 Å². The third-order valence-electron chi connectivity index (χ3n) is 3.40. The first-order valence-corrected chi connectivity index (χ1v) is 7.97. The number of halogens is 1. The van der Waals surface area contributed by atoms with E-state index in [1.165, 1.54) is 5.56 Å². The van der Waals surface area contributed by atoms with E-state index in [1.54, 1.807) is 0 Å². The van der Waals surface area contributed by atoms with E-state index in [-0.39, 0.29) is 6.42 Å². The van der Waals surface area contributed by atoms with Crippen molar-refractivity contribution in [3.63, 3.8) is 0 Å². The first-order valence-electron chi connectivity index (χ1n) is 7.17. The zero-order chi connectivity index (χ0) is 16.1. The summed E-state index contributed by atoms with van der Waals surface area (Å²) in [6.45, 7) is 4.76. The molecular formula is C18H19BrO3. The molecule has 0 radical (unpaired) electrons. The van der Waals surface area contributed by atoms with Crippen molar-refractivity contribution in [3.05, 3.63) is 63.6 Å². The summed E-state index contributed by atoms with van der Waals surface area (Å²) in [6.07, 6.45) is 0.0450. The molecular weight excluding hydrogens is 344 g/mol. The van der Waals surface area contributed by atoms with Crippen LogP contribution >= 0.6 is 15.9 Å².